The smallest absolute Gasteiger partial charge is 0.109 e. The third-order valence-corrected chi connectivity index (χ3v) is 3.09. The van der Waals surface area contributed by atoms with Crippen LogP contribution in [-0.4, -0.2) is 41.8 Å². The summed E-state index contributed by atoms with van der Waals surface area (Å²) >= 11 is 0. The summed E-state index contributed by atoms with van der Waals surface area (Å²) in [5.41, 5.74) is 0.788. The second kappa shape index (κ2) is 4.99. The van der Waals surface area contributed by atoms with Crippen LogP contribution in [0, 0.1) is 0 Å². The number of rotatable bonds is 3. The zero-order valence-corrected chi connectivity index (χ0v) is 9.80. The monoisotopic (exact) mass is 225 g/mol. The van der Waals surface area contributed by atoms with E-state index in [9.17, 15) is 5.11 Å². The van der Waals surface area contributed by atoms with E-state index in [0.29, 0.717) is 12.6 Å². The number of ether oxygens (including phenoxy) is 1. The van der Waals surface area contributed by atoms with Crippen molar-refractivity contribution in [1.29, 1.82) is 0 Å². The minimum absolute atomic E-state index is 0.159. The highest BCUT2D eigenvalue weighted by atomic mass is 16.5. The molecule has 1 aromatic heterocycles. The van der Waals surface area contributed by atoms with Crippen molar-refractivity contribution in [3.63, 3.8) is 0 Å². The van der Waals surface area contributed by atoms with Gasteiger partial charge in [-0.1, -0.05) is 0 Å². The number of hydrogen-bond donors (Lipinski definition) is 1. The van der Waals surface area contributed by atoms with Crippen LogP contribution >= 0.6 is 0 Å². The molecule has 0 aromatic carbocycles. The van der Waals surface area contributed by atoms with Gasteiger partial charge in [0.1, 0.15) is 12.2 Å². The first-order valence-corrected chi connectivity index (χ1v) is 5.74. The standard InChI is InChI=1S/C12H19NO3/c1-9(2)13-4-6-16-11(7-13)12(14)10-3-5-15-8-10/h3,5,8-9,11-12,14H,4,6-7H2,1-2H3. The molecule has 0 saturated carbocycles. The summed E-state index contributed by atoms with van der Waals surface area (Å²) in [6.07, 6.45) is 2.39. The van der Waals surface area contributed by atoms with E-state index in [4.69, 9.17) is 9.15 Å². The van der Waals surface area contributed by atoms with Gasteiger partial charge in [0.25, 0.3) is 0 Å². The number of furan rings is 1. The zero-order valence-electron chi connectivity index (χ0n) is 9.80. The molecule has 1 aliphatic rings. The van der Waals surface area contributed by atoms with Crippen molar-refractivity contribution in [2.45, 2.75) is 32.1 Å². The molecule has 4 nitrogen and oxygen atoms in total. The molecule has 4 heteroatoms. The Labute approximate surface area is 95.8 Å². The number of hydrogen-bond acceptors (Lipinski definition) is 4. The molecular formula is C12H19NO3. The Morgan fingerprint density at radius 2 is 2.31 bits per heavy atom. The third kappa shape index (κ3) is 2.45. The molecule has 1 aromatic rings. The SMILES string of the molecule is CC(C)N1CCOC(C(O)c2ccoc2)C1. The molecule has 1 aliphatic heterocycles. The second-order valence-electron chi connectivity index (χ2n) is 4.50. The molecule has 2 atom stereocenters. The Kier molecular flexibility index (Phi) is 3.63. The predicted octanol–water partition coefficient (Wildman–Crippen LogP) is 1.42. The molecule has 0 amide bonds. The number of nitrogens with zero attached hydrogens (tertiary/aromatic N) is 1. The van der Waals surface area contributed by atoms with E-state index in [0.717, 1.165) is 18.7 Å². The minimum Gasteiger partial charge on any atom is -0.472 e. The van der Waals surface area contributed by atoms with Crippen molar-refractivity contribution < 1.29 is 14.3 Å². The molecule has 2 unspecified atom stereocenters. The summed E-state index contributed by atoms with van der Waals surface area (Å²) in [6, 6.07) is 2.27. The van der Waals surface area contributed by atoms with Crippen molar-refractivity contribution in [2.24, 2.45) is 0 Å². The molecule has 1 saturated heterocycles. The lowest BCUT2D eigenvalue weighted by atomic mass is 10.1. The summed E-state index contributed by atoms with van der Waals surface area (Å²) in [6.45, 7) is 6.70. The van der Waals surface area contributed by atoms with Gasteiger partial charge in [-0.3, -0.25) is 4.90 Å². The molecular weight excluding hydrogens is 206 g/mol. The van der Waals surface area contributed by atoms with Gasteiger partial charge in [0.05, 0.1) is 19.1 Å². The van der Waals surface area contributed by atoms with Gasteiger partial charge in [0.2, 0.25) is 0 Å². The van der Waals surface area contributed by atoms with Gasteiger partial charge < -0.3 is 14.3 Å². The lowest BCUT2D eigenvalue weighted by Crippen LogP contribution is -2.47. The van der Waals surface area contributed by atoms with E-state index in [1.807, 2.05) is 0 Å². The van der Waals surface area contributed by atoms with Crippen LogP contribution < -0.4 is 0 Å². The fourth-order valence-corrected chi connectivity index (χ4v) is 2.01. The van der Waals surface area contributed by atoms with E-state index >= 15 is 0 Å². The van der Waals surface area contributed by atoms with Crippen LogP contribution in [0.15, 0.2) is 23.0 Å². The van der Waals surface area contributed by atoms with Crippen molar-refractivity contribution >= 4 is 0 Å². The van der Waals surface area contributed by atoms with Crippen LogP contribution in [-0.2, 0) is 4.74 Å². The number of aliphatic hydroxyl groups excluding tert-OH is 1. The summed E-state index contributed by atoms with van der Waals surface area (Å²) in [5.74, 6) is 0. The average molecular weight is 225 g/mol. The molecule has 0 bridgehead atoms. The molecule has 1 N–H and O–H groups in total. The Morgan fingerprint density at radius 3 is 2.94 bits per heavy atom. The van der Waals surface area contributed by atoms with Gasteiger partial charge in [-0.15, -0.1) is 0 Å². The molecule has 1 fully saturated rings. The highest BCUT2D eigenvalue weighted by Gasteiger charge is 2.29. The van der Waals surface area contributed by atoms with E-state index in [2.05, 4.69) is 18.7 Å². The van der Waals surface area contributed by atoms with Crippen molar-refractivity contribution in [1.82, 2.24) is 4.90 Å². The summed E-state index contributed by atoms with van der Waals surface area (Å²) < 4.78 is 10.6. The molecule has 2 heterocycles. The Morgan fingerprint density at radius 1 is 1.50 bits per heavy atom. The molecule has 2 rings (SSSR count). The maximum absolute atomic E-state index is 10.1. The van der Waals surface area contributed by atoms with E-state index in [1.54, 1.807) is 18.6 Å². The Bertz CT molecular complexity index is 310. The van der Waals surface area contributed by atoms with Crippen LogP contribution in [0.25, 0.3) is 0 Å². The van der Waals surface area contributed by atoms with Crippen LogP contribution in [0.4, 0.5) is 0 Å². The van der Waals surface area contributed by atoms with E-state index in [-0.39, 0.29) is 6.10 Å². The first-order valence-electron chi connectivity index (χ1n) is 5.74. The predicted molar refractivity (Wildman–Crippen MR) is 60.1 cm³/mol. The lowest BCUT2D eigenvalue weighted by Gasteiger charge is -2.37. The van der Waals surface area contributed by atoms with E-state index in [1.165, 1.54) is 0 Å². The highest BCUT2D eigenvalue weighted by molar-refractivity contribution is 5.11. The minimum atomic E-state index is -0.597. The summed E-state index contributed by atoms with van der Waals surface area (Å²) in [7, 11) is 0. The van der Waals surface area contributed by atoms with Crippen LogP contribution in [0.2, 0.25) is 0 Å². The van der Waals surface area contributed by atoms with Gasteiger partial charge in [-0.05, 0) is 19.9 Å². The van der Waals surface area contributed by atoms with Gasteiger partial charge >= 0.3 is 0 Å². The van der Waals surface area contributed by atoms with Crippen molar-refractivity contribution in [3.8, 4) is 0 Å². The fraction of sp³-hybridized carbons (Fsp3) is 0.667. The Balaban J connectivity index is 1.99. The Hall–Kier alpha value is -0.840. The first-order chi connectivity index (χ1) is 7.68. The number of morpholine rings is 1. The second-order valence-corrected chi connectivity index (χ2v) is 4.50. The van der Waals surface area contributed by atoms with Crippen molar-refractivity contribution in [3.05, 3.63) is 24.2 Å². The van der Waals surface area contributed by atoms with Crippen LogP contribution in [0.3, 0.4) is 0 Å². The number of aliphatic hydroxyl groups is 1. The van der Waals surface area contributed by atoms with E-state index < -0.39 is 6.10 Å². The average Bonchev–Trinajstić information content (AvgIpc) is 2.81. The molecule has 16 heavy (non-hydrogen) atoms. The highest BCUT2D eigenvalue weighted by Crippen LogP contribution is 2.23. The molecule has 0 spiro atoms. The molecule has 0 aliphatic carbocycles. The van der Waals surface area contributed by atoms with Crippen molar-refractivity contribution in [2.75, 3.05) is 19.7 Å². The topological polar surface area (TPSA) is 45.8 Å². The normalized spacial score (nSPS) is 24.9. The molecule has 90 valence electrons. The van der Waals surface area contributed by atoms with Gasteiger partial charge in [-0.25, -0.2) is 0 Å². The fourth-order valence-electron chi connectivity index (χ4n) is 2.01. The first kappa shape index (κ1) is 11.6. The zero-order chi connectivity index (χ0) is 11.5. The summed E-state index contributed by atoms with van der Waals surface area (Å²) in [4.78, 5) is 2.32. The lowest BCUT2D eigenvalue weighted by molar-refractivity contribution is -0.0962. The van der Waals surface area contributed by atoms with Gasteiger partial charge in [0, 0.05) is 24.7 Å². The molecule has 0 radical (unpaired) electrons. The quantitative estimate of drug-likeness (QED) is 0.845. The third-order valence-electron chi connectivity index (χ3n) is 3.09. The van der Waals surface area contributed by atoms with Gasteiger partial charge in [0.15, 0.2) is 0 Å². The maximum atomic E-state index is 10.1. The van der Waals surface area contributed by atoms with Gasteiger partial charge in [-0.2, -0.15) is 0 Å². The maximum Gasteiger partial charge on any atom is 0.109 e. The van der Waals surface area contributed by atoms with Crippen LogP contribution in [0.5, 0.6) is 0 Å². The van der Waals surface area contributed by atoms with Crippen LogP contribution in [0.1, 0.15) is 25.5 Å². The largest absolute Gasteiger partial charge is 0.472 e. The summed E-state index contributed by atoms with van der Waals surface area (Å²) in [5, 5.41) is 10.1.